The van der Waals surface area contributed by atoms with E-state index in [1.807, 2.05) is 18.2 Å². The zero-order valence-corrected chi connectivity index (χ0v) is 12.0. The summed E-state index contributed by atoms with van der Waals surface area (Å²) >= 11 is 6.88. The molecule has 0 amide bonds. The van der Waals surface area contributed by atoms with E-state index in [-0.39, 0.29) is 5.75 Å². The van der Waals surface area contributed by atoms with Crippen molar-refractivity contribution in [3.63, 3.8) is 0 Å². The maximum Gasteiger partial charge on any atom is 0.133 e. The molecule has 5 heteroatoms. The minimum absolute atomic E-state index is 0.179. The summed E-state index contributed by atoms with van der Waals surface area (Å²) in [5.41, 5.74) is 1.88. The number of pyridine rings is 1. The molecular formula is C12H10Br2N2O. The van der Waals surface area contributed by atoms with E-state index < -0.39 is 0 Å². The topological polar surface area (TPSA) is 45.1 Å². The van der Waals surface area contributed by atoms with Crippen molar-refractivity contribution in [2.45, 2.75) is 6.54 Å². The van der Waals surface area contributed by atoms with Gasteiger partial charge in [-0.15, -0.1) is 0 Å². The van der Waals surface area contributed by atoms with Gasteiger partial charge < -0.3 is 10.4 Å². The van der Waals surface area contributed by atoms with Gasteiger partial charge in [0.1, 0.15) is 5.75 Å². The summed E-state index contributed by atoms with van der Waals surface area (Å²) in [4.78, 5) is 4.10. The van der Waals surface area contributed by atoms with Gasteiger partial charge in [0, 0.05) is 14.6 Å². The third-order valence-corrected chi connectivity index (χ3v) is 3.35. The highest BCUT2D eigenvalue weighted by Gasteiger charge is 2.01. The minimum atomic E-state index is 0.179. The lowest BCUT2D eigenvalue weighted by molar-refractivity contribution is 0.472. The smallest absolute Gasteiger partial charge is 0.133 e. The van der Waals surface area contributed by atoms with Crippen molar-refractivity contribution in [3.05, 3.63) is 51.2 Å². The third-order valence-electron chi connectivity index (χ3n) is 2.20. The number of hydrogen-bond acceptors (Lipinski definition) is 3. The lowest BCUT2D eigenvalue weighted by atomic mass is 10.3. The molecule has 2 aromatic rings. The number of hydrogen-bond donors (Lipinski definition) is 2. The van der Waals surface area contributed by atoms with Crippen LogP contribution in [0, 0.1) is 0 Å². The summed E-state index contributed by atoms with van der Waals surface area (Å²) in [6.45, 7) is 0.612. The van der Waals surface area contributed by atoms with Crippen molar-refractivity contribution in [1.29, 1.82) is 0 Å². The van der Waals surface area contributed by atoms with Gasteiger partial charge >= 0.3 is 0 Å². The van der Waals surface area contributed by atoms with E-state index in [0.29, 0.717) is 6.54 Å². The van der Waals surface area contributed by atoms with Crippen LogP contribution in [-0.4, -0.2) is 10.1 Å². The number of aromatic hydroxyl groups is 1. The zero-order valence-electron chi connectivity index (χ0n) is 8.82. The lowest BCUT2D eigenvalue weighted by Gasteiger charge is -2.08. The summed E-state index contributed by atoms with van der Waals surface area (Å²) in [6.07, 6.45) is 1.44. The summed E-state index contributed by atoms with van der Waals surface area (Å²) < 4.78 is 2.02. The fourth-order valence-electron chi connectivity index (χ4n) is 1.34. The third kappa shape index (κ3) is 3.44. The molecule has 0 atom stereocenters. The molecule has 1 aromatic heterocycles. The van der Waals surface area contributed by atoms with Crippen molar-refractivity contribution in [2.75, 3.05) is 5.32 Å². The SMILES string of the molecule is Oc1ccc(CNc2ccc(Br)cc2Br)nc1. The monoisotopic (exact) mass is 356 g/mol. The first-order valence-corrected chi connectivity index (χ1v) is 6.56. The summed E-state index contributed by atoms with van der Waals surface area (Å²) in [5, 5.41) is 12.4. The van der Waals surface area contributed by atoms with Crippen LogP contribution in [0.3, 0.4) is 0 Å². The van der Waals surface area contributed by atoms with Crippen LogP contribution in [0.4, 0.5) is 5.69 Å². The molecule has 0 bridgehead atoms. The Morgan fingerprint density at radius 1 is 1.18 bits per heavy atom. The van der Waals surface area contributed by atoms with Crippen molar-refractivity contribution in [2.24, 2.45) is 0 Å². The number of nitrogens with one attached hydrogen (secondary N) is 1. The van der Waals surface area contributed by atoms with Gasteiger partial charge in [0.25, 0.3) is 0 Å². The molecule has 1 heterocycles. The van der Waals surface area contributed by atoms with Crippen LogP contribution in [0.5, 0.6) is 5.75 Å². The highest BCUT2D eigenvalue weighted by Crippen LogP contribution is 2.26. The van der Waals surface area contributed by atoms with Crippen LogP contribution < -0.4 is 5.32 Å². The zero-order chi connectivity index (χ0) is 12.3. The Hall–Kier alpha value is -1.07. The molecule has 0 spiro atoms. The van der Waals surface area contributed by atoms with Crippen LogP contribution in [0.1, 0.15) is 5.69 Å². The Labute approximate surface area is 116 Å². The first kappa shape index (κ1) is 12.4. The Kier molecular flexibility index (Phi) is 4.02. The average molecular weight is 358 g/mol. The van der Waals surface area contributed by atoms with E-state index in [4.69, 9.17) is 5.11 Å². The molecule has 0 aliphatic rings. The van der Waals surface area contributed by atoms with Gasteiger partial charge in [0.05, 0.1) is 18.4 Å². The molecule has 3 nitrogen and oxygen atoms in total. The maximum absolute atomic E-state index is 9.12. The Morgan fingerprint density at radius 3 is 2.65 bits per heavy atom. The van der Waals surface area contributed by atoms with Crippen molar-refractivity contribution >= 4 is 37.5 Å². The molecule has 88 valence electrons. The molecular weight excluding hydrogens is 348 g/mol. The predicted molar refractivity (Wildman–Crippen MR) is 75.1 cm³/mol. The van der Waals surface area contributed by atoms with Crippen LogP contribution in [0.2, 0.25) is 0 Å². The molecule has 1 aromatic carbocycles. The molecule has 2 N–H and O–H groups in total. The van der Waals surface area contributed by atoms with E-state index in [1.165, 1.54) is 6.20 Å². The molecule has 0 fully saturated rings. The summed E-state index contributed by atoms with van der Waals surface area (Å²) in [5.74, 6) is 0.179. The summed E-state index contributed by atoms with van der Waals surface area (Å²) in [7, 11) is 0. The van der Waals surface area contributed by atoms with Gasteiger partial charge in [-0.3, -0.25) is 4.98 Å². The van der Waals surface area contributed by atoms with Crippen LogP contribution in [0.25, 0.3) is 0 Å². The maximum atomic E-state index is 9.12. The number of halogens is 2. The molecule has 0 unspecified atom stereocenters. The highest BCUT2D eigenvalue weighted by molar-refractivity contribution is 9.11. The number of aromatic nitrogens is 1. The second-order valence-electron chi connectivity index (χ2n) is 3.49. The van der Waals surface area contributed by atoms with Crippen molar-refractivity contribution in [3.8, 4) is 5.75 Å². The summed E-state index contributed by atoms with van der Waals surface area (Å²) in [6, 6.07) is 9.34. The number of benzene rings is 1. The first-order valence-electron chi connectivity index (χ1n) is 4.98. The van der Waals surface area contributed by atoms with E-state index in [1.54, 1.807) is 12.1 Å². The van der Waals surface area contributed by atoms with Gasteiger partial charge in [-0.25, -0.2) is 0 Å². The van der Waals surface area contributed by atoms with Crippen molar-refractivity contribution < 1.29 is 5.11 Å². The Bertz CT molecular complexity index is 514. The minimum Gasteiger partial charge on any atom is -0.506 e. The van der Waals surface area contributed by atoms with Crippen molar-refractivity contribution in [1.82, 2.24) is 4.98 Å². The molecule has 0 saturated carbocycles. The van der Waals surface area contributed by atoms with Crippen LogP contribution in [-0.2, 0) is 6.54 Å². The molecule has 0 radical (unpaired) electrons. The van der Waals surface area contributed by atoms with Gasteiger partial charge in [-0.1, -0.05) is 15.9 Å². The fraction of sp³-hybridized carbons (Fsp3) is 0.0833. The first-order chi connectivity index (χ1) is 8.15. The van der Waals surface area contributed by atoms with Crippen LogP contribution >= 0.6 is 31.9 Å². The second kappa shape index (κ2) is 5.51. The highest BCUT2D eigenvalue weighted by atomic mass is 79.9. The molecule has 17 heavy (non-hydrogen) atoms. The second-order valence-corrected chi connectivity index (χ2v) is 5.26. The standard InChI is InChI=1S/C12H10Br2N2O/c13-8-1-4-12(11(14)5-8)16-6-9-2-3-10(17)7-15-9/h1-5,7,16-17H,6H2. The number of rotatable bonds is 3. The van der Waals surface area contributed by atoms with E-state index in [2.05, 4.69) is 42.2 Å². The van der Waals surface area contributed by atoms with Gasteiger partial charge in [0.15, 0.2) is 0 Å². The predicted octanol–water partition coefficient (Wildman–Crippen LogP) is 3.92. The Balaban J connectivity index is 2.04. The lowest BCUT2D eigenvalue weighted by Crippen LogP contribution is -2.01. The van der Waals surface area contributed by atoms with E-state index >= 15 is 0 Å². The normalized spacial score (nSPS) is 10.2. The molecule has 2 rings (SSSR count). The molecule has 0 aliphatic carbocycles. The quantitative estimate of drug-likeness (QED) is 0.874. The van der Waals surface area contributed by atoms with Crippen LogP contribution in [0.15, 0.2) is 45.5 Å². The number of nitrogens with zero attached hydrogens (tertiary/aromatic N) is 1. The fourth-order valence-corrected chi connectivity index (χ4v) is 2.53. The van der Waals surface area contributed by atoms with E-state index in [0.717, 1.165) is 20.3 Å². The van der Waals surface area contributed by atoms with E-state index in [9.17, 15) is 0 Å². The number of anilines is 1. The molecule has 0 aliphatic heterocycles. The van der Waals surface area contributed by atoms with Gasteiger partial charge in [-0.05, 0) is 46.3 Å². The van der Waals surface area contributed by atoms with Gasteiger partial charge in [0.2, 0.25) is 0 Å². The van der Waals surface area contributed by atoms with Gasteiger partial charge in [-0.2, -0.15) is 0 Å². The average Bonchev–Trinajstić information content (AvgIpc) is 2.30. The molecule has 0 saturated heterocycles. The Morgan fingerprint density at radius 2 is 2.00 bits per heavy atom. The largest absolute Gasteiger partial charge is 0.506 e.